The molecule has 0 fully saturated rings. The van der Waals surface area contributed by atoms with Crippen LogP contribution in [0.3, 0.4) is 0 Å². The molecule has 0 heterocycles. The molecule has 2 aromatic carbocycles. The van der Waals surface area contributed by atoms with Crippen LogP contribution in [0.1, 0.15) is 5.56 Å². The Bertz CT molecular complexity index is 511. The molecule has 0 bridgehead atoms. The summed E-state index contributed by atoms with van der Waals surface area (Å²) in [6.45, 7) is 1.70. The molecule has 0 saturated carbocycles. The van der Waals surface area contributed by atoms with E-state index in [4.69, 9.17) is 10.5 Å². The number of rotatable bonds is 2. The third kappa shape index (κ3) is 2.31. The highest BCUT2D eigenvalue weighted by molar-refractivity contribution is 5.45. The second-order valence-corrected chi connectivity index (χ2v) is 3.59. The first-order valence-electron chi connectivity index (χ1n) is 4.95. The van der Waals surface area contributed by atoms with Gasteiger partial charge in [0.05, 0.1) is 0 Å². The highest BCUT2D eigenvalue weighted by Gasteiger charge is 2.01. The predicted octanol–water partition coefficient (Wildman–Crippen LogP) is 3.51. The van der Waals surface area contributed by atoms with Crippen LogP contribution in [0.4, 0.5) is 10.1 Å². The van der Waals surface area contributed by atoms with E-state index in [-0.39, 0.29) is 5.82 Å². The normalized spacial score (nSPS) is 10.1. The van der Waals surface area contributed by atoms with E-state index in [1.807, 2.05) is 0 Å². The maximum absolute atomic E-state index is 13.0. The Kier molecular flexibility index (Phi) is 2.77. The minimum absolute atomic E-state index is 0.236. The number of aryl methyl sites for hydroxylation is 1. The fraction of sp³-hybridized carbons (Fsp3) is 0.0769. The fourth-order valence-electron chi connectivity index (χ4n) is 1.39. The standard InChI is InChI=1S/C13H12FNO/c1-9-7-12(5-6-13(9)14)16-11-4-2-3-10(15)8-11/h2-8H,15H2,1H3. The maximum atomic E-state index is 13.0. The number of ether oxygens (including phenoxy) is 1. The van der Waals surface area contributed by atoms with Crippen LogP contribution in [0.15, 0.2) is 42.5 Å². The van der Waals surface area contributed by atoms with Crippen LogP contribution >= 0.6 is 0 Å². The van der Waals surface area contributed by atoms with Crippen molar-refractivity contribution < 1.29 is 9.13 Å². The summed E-state index contributed by atoms with van der Waals surface area (Å²) < 4.78 is 18.6. The quantitative estimate of drug-likeness (QED) is 0.781. The molecular weight excluding hydrogens is 205 g/mol. The lowest BCUT2D eigenvalue weighted by Crippen LogP contribution is -1.89. The molecule has 0 radical (unpaired) electrons. The number of hydrogen-bond donors (Lipinski definition) is 1. The highest BCUT2D eigenvalue weighted by atomic mass is 19.1. The van der Waals surface area contributed by atoms with Gasteiger partial charge in [-0.25, -0.2) is 4.39 Å². The summed E-state index contributed by atoms with van der Waals surface area (Å²) in [6.07, 6.45) is 0. The molecular formula is C13H12FNO. The zero-order chi connectivity index (χ0) is 11.5. The molecule has 2 nitrogen and oxygen atoms in total. The zero-order valence-electron chi connectivity index (χ0n) is 8.91. The molecule has 0 aromatic heterocycles. The number of nitrogens with two attached hydrogens (primary N) is 1. The van der Waals surface area contributed by atoms with Gasteiger partial charge in [-0.2, -0.15) is 0 Å². The van der Waals surface area contributed by atoms with Crippen LogP contribution in [0, 0.1) is 12.7 Å². The Morgan fingerprint density at radius 2 is 1.81 bits per heavy atom. The summed E-state index contributed by atoms with van der Waals surface area (Å²) in [6, 6.07) is 11.7. The Labute approximate surface area is 93.5 Å². The van der Waals surface area contributed by atoms with E-state index in [9.17, 15) is 4.39 Å². The molecule has 82 valence electrons. The van der Waals surface area contributed by atoms with E-state index in [1.165, 1.54) is 6.07 Å². The van der Waals surface area contributed by atoms with Gasteiger partial charge in [0.15, 0.2) is 0 Å². The number of benzene rings is 2. The lowest BCUT2D eigenvalue weighted by atomic mass is 10.2. The Hall–Kier alpha value is -2.03. The van der Waals surface area contributed by atoms with Crippen molar-refractivity contribution in [2.24, 2.45) is 0 Å². The second kappa shape index (κ2) is 4.23. The summed E-state index contributed by atoms with van der Waals surface area (Å²) >= 11 is 0. The Balaban J connectivity index is 2.24. The lowest BCUT2D eigenvalue weighted by molar-refractivity contribution is 0.480. The van der Waals surface area contributed by atoms with Crippen molar-refractivity contribution in [3.63, 3.8) is 0 Å². The van der Waals surface area contributed by atoms with E-state index in [0.717, 1.165) is 0 Å². The van der Waals surface area contributed by atoms with Crippen LogP contribution in [0.25, 0.3) is 0 Å². The number of halogens is 1. The Morgan fingerprint density at radius 1 is 1.06 bits per heavy atom. The third-order valence-electron chi connectivity index (χ3n) is 2.22. The first-order chi connectivity index (χ1) is 7.65. The van der Waals surface area contributed by atoms with Gasteiger partial charge in [-0.3, -0.25) is 0 Å². The largest absolute Gasteiger partial charge is 0.457 e. The monoisotopic (exact) mass is 217 g/mol. The van der Waals surface area contributed by atoms with Gasteiger partial charge in [-0.1, -0.05) is 6.07 Å². The SMILES string of the molecule is Cc1cc(Oc2cccc(N)c2)ccc1F. The molecule has 0 unspecified atom stereocenters. The average Bonchev–Trinajstić information content (AvgIpc) is 2.24. The van der Waals surface area contributed by atoms with Gasteiger partial charge in [0.1, 0.15) is 17.3 Å². The van der Waals surface area contributed by atoms with Crippen molar-refractivity contribution >= 4 is 5.69 Å². The van der Waals surface area contributed by atoms with Crippen molar-refractivity contribution in [1.82, 2.24) is 0 Å². The summed E-state index contributed by atoms with van der Waals surface area (Å²) in [5, 5.41) is 0. The van der Waals surface area contributed by atoms with Crippen LogP contribution in [-0.2, 0) is 0 Å². The molecule has 0 aliphatic carbocycles. The van der Waals surface area contributed by atoms with E-state index < -0.39 is 0 Å². The molecule has 3 heteroatoms. The minimum Gasteiger partial charge on any atom is -0.457 e. The van der Waals surface area contributed by atoms with E-state index in [2.05, 4.69) is 0 Å². The predicted molar refractivity (Wildman–Crippen MR) is 62.1 cm³/mol. The minimum atomic E-state index is -0.236. The maximum Gasteiger partial charge on any atom is 0.129 e. The van der Waals surface area contributed by atoms with E-state index >= 15 is 0 Å². The molecule has 2 aromatic rings. The van der Waals surface area contributed by atoms with Crippen LogP contribution < -0.4 is 10.5 Å². The van der Waals surface area contributed by atoms with Gasteiger partial charge in [0, 0.05) is 11.8 Å². The molecule has 0 amide bonds. The van der Waals surface area contributed by atoms with Gasteiger partial charge >= 0.3 is 0 Å². The van der Waals surface area contributed by atoms with Gasteiger partial charge in [0.2, 0.25) is 0 Å². The lowest BCUT2D eigenvalue weighted by Gasteiger charge is -2.07. The van der Waals surface area contributed by atoms with E-state index in [0.29, 0.717) is 22.7 Å². The van der Waals surface area contributed by atoms with Crippen molar-refractivity contribution in [3.05, 3.63) is 53.8 Å². The smallest absolute Gasteiger partial charge is 0.129 e. The van der Waals surface area contributed by atoms with E-state index in [1.54, 1.807) is 43.3 Å². The number of hydrogen-bond acceptors (Lipinski definition) is 2. The molecule has 0 aliphatic rings. The highest BCUT2D eigenvalue weighted by Crippen LogP contribution is 2.24. The van der Waals surface area contributed by atoms with Gasteiger partial charge in [0.25, 0.3) is 0 Å². The molecule has 0 atom stereocenters. The third-order valence-corrected chi connectivity index (χ3v) is 2.22. The van der Waals surface area contributed by atoms with Crippen LogP contribution in [0.2, 0.25) is 0 Å². The summed E-state index contributed by atoms with van der Waals surface area (Å²) in [5.41, 5.74) is 6.82. The van der Waals surface area contributed by atoms with Crippen molar-refractivity contribution in [2.45, 2.75) is 6.92 Å². The zero-order valence-corrected chi connectivity index (χ0v) is 8.91. The van der Waals surface area contributed by atoms with Gasteiger partial charge < -0.3 is 10.5 Å². The van der Waals surface area contributed by atoms with Crippen molar-refractivity contribution in [2.75, 3.05) is 5.73 Å². The number of anilines is 1. The molecule has 0 spiro atoms. The molecule has 2 rings (SSSR count). The second-order valence-electron chi connectivity index (χ2n) is 3.59. The molecule has 16 heavy (non-hydrogen) atoms. The summed E-state index contributed by atoms with van der Waals surface area (Å²) in [4.78, 5) is 0. The molecule has 0 saturated heterocycles. The first kappa shape index (κ1) is 10.5. The van der Waals surface area contributed by atoms with Crippen LogP contribution in [-0.4, -0.2) is 0 Å². The first-order valence-corrected chi connectivity index (χ1v) is 4.95. The van der Waals surface area contributed by atoms with Crippen molar-refractivity contribution in [1.29, 1.82) is 0 Å². The number of nitrogen functional groups attached to an aromatic ring is 1. The topological polar surface area (TPSA) is 35.2 Å². The molecule has 0 aliphatic heterocycles. The fourth-order valence-corrected chi connectivity index (χ4v) is 1.39. The Morgan fingerprint density at radius 3 is 2.50 bits per heavy atom. The molecule has 2 N–H and O–H groups in total. The average molecular weight is 217 g/mol. The van der Waals surface area contributed by atoms with Crippen LogP contribution in [0.5, 0.6) is 11.5 Å². The van der Waals surface area contributed by atoms with Crippen molar-refractivity contribution in [3.8, 4) is 11.5 Å². The van der Waals surface area contributed by atoms with Gasteiger partial charge in [-0.05, 0) is 42.8 Å². The van der Waals surface area contributed by atoms with Gasteiger partial charge in [-0.15, -0.1) is 0 Å². The summed E-state index contributed by atoms with van der Waals surface area (Å²) in [7, 11) is 0. The summed E-state index contributed by atoms with van der Waals surface area (Å²) in [5.74, 6) is 1.01.